The van der Waals surface area contributed by atoms with E-state index in [9.17, 15) is 4.79 Å². The van der Waals surface area contributed by atoms with E-state index in [0.29, 0.717) is 5.76 Å². The summed E-state index contributed by atoms with van der Waals surface area (Å²) in [4.78, 5) is 14.7. The zero-order valence-corrected chi connectivity index (χ0v) is 10.8. The Morgan fingerprint density at radius 3 is 2.76 bits per heavy atom. The quantitative estimate of drug-likeness (QED) is 0.772. The van der Waals surface area contributed by atoms with Crippen LogP contribution in [0.4, 0.5) is 0 Å². The molecule has 0 atom stereocenters. The molecule has 7 nitrogen and oxygen atoms in total. The van der Waals surface area contributed by atoms with Crippen molar-refractivity contribution in [3.63, 3.8) is 0 Å². The van der Waals surface area contributed by atoms with Gasteiger partial charge in [0.1, 0.15) is 18.7 Å². The van der Waals surface area contributed by atoms with Crippen molar-refractivity contribution in [2.75, 3.05) is 0 Å². The van der Waals surface area contributed by atoms with Gasteiger partial charge in [-0.05, 0) is 24.3 Å². The van der Waals surface area contributed by atoms with Crippen molar-refractivity contribution in [3.8, 4) is 11.7 Å². The maximum atomic E-state index is 10.7. The lowest BCUT2D eigenvalue weighted by Crippen LogP contribution is -1.98. The Hall–Kier alpha value is -3.09. The predicted molar refractivity (Wildman–Crippen MR) is 71.4 cm³/mol. The van der Waals surface area contributed by atoms with Crippen LogP contribution in [0.5, 0.6) is 6.01 Å². The highest BCUT2D eigenvalue weighted by Crippen LogP contribution is 2.12. The molecule has 2 heterocycles. The van der Waals surface area contributed by atoms with Crippen molar-refractivity contribution in [1.29, 1.82) is 0 Å². The number of benzene rings is 1. The molecule has 0 bridgehead atoms. The van der Waals surface area contributed by atoms with E-state index in [1.54, 1.807) is 4.68 Å². The average Bonchev–Trinajstić information content (AvgIpc) is 3.15. The Kier molecular flexibility index (Phi) is 3.38. The van der Waals surface area contributed by atoms with Crippen LogP contribution in [-0.2, 0) is 6.61 Å². The van der Waals surface area contributed by atoms with Crippen molar-refractivity contribution >= 4 is 5.97 Å². The molecule has 0 fully saturated rings. The number of aromatic carboxylic acids is 1. The summed E-state index contributed by atoms with van der Waals surface area (Å²) in [5.74, 6) is -0.854. The topological polar surface area (TPSA) is 90.4 Å². The molecule has 3 aromatic rings. The Morgan fingerprint density at radius 2 is 2.05 bits per heavy atom. The standard InChI is InChI=1S/C14H11N3O4/c18-13(19)12-7-6-11(21-12)8-20-14-15-9-17(16-14)10-4-2-1-3-5-10/h1-7,9H,8H2,(H,18,19). The maximum absolute atomic E-state index is 10.7. The SMILES string of the molecule is O=C(O)c1ccc(COc2ncn(-c3ccccc3)n2)o1. The number of carboxylic acids is 1. The number of carbonyl (C=O) groups is 1. The van der Waals surface area contributed by atoms with Gasteiger partial charge >= 0.3 is 12.0 Å². The van der Waals surface area contributed by atoms with E-state index < -0.39 is 5.97 Å². The van der Waals surface area contributed by atoms with Gasteiger partial charge in [-0.15, -0.1) is 5.10 Å². The first kappa shape index (κ1) is 12.9. The number of aromatic nitrogens is 3. The molecule has 0 unspecified atom stereocenters. The monoisotopic (exact) mass is 285 g/mol. The molecule has 2 aromatic heterocycles. The zero-order valence-electron chi connectivity index (χ0n) is 10.8. The van der Waals surface area contributed by atoms with Gasteiger partial charge in [0.25, 0.3) is 0 Å². The van der Waals surface area contributed by atoms with Gasteiger partial charge in [-0.1, -0.05) is 18.2 Å². The van der Waals surface area contributed by atoms with Gasteiger partial charge in [-0.3, -0.25) is 0 Å². The van der Waals surface area contributed by atoms with Crippen LogP contribution in [0.1, 0.15) is 16.3 Å². The third kappa shape index (κ3) is 2.92. The summed E-state index contributed by atoms with van der Waals surface area (Å²) in [7, 11) is 0. The normalized spacial score (nSPS) is 10.5. The van der Waals surface area contributed by atoms with E-state index >= 15 is 0 Å². The van der Waals surface area contributed by atoms with E-state index in [-0.39, 0.29) is 18.4 Å². The van der Waals surface area contributed by atoms with Crippen LogP contribution >= 0.6 is 0 Å². The molecule has 0 aliphatic carbocycles. The summed E-state index contributed by atoms with van der Waals surface area (Å²) in [6.45, 7) is 0.0616. The highest BCUT2D eigenvalue weighted by molar-refractivity contribution is 5.84. The number of nitrogens with zero attached hydrogens (tertiary/aromatic N) is 3. The number of ether oxygens (including phenoxy) is 1. The summed E-state index contributed by atoms with van der Waals surface area (Å²) in [6, 6.07) is 12.6. The number of furan rings is 1. The van der Waals surface area contributed by atoms with Crippen molar-refractivity contribution in [3.05, 3.63) is 60.3 Å². The Bertz CT molecular complexity index is 748. The van der Waals surface area contributed by atoms with Gasteiger partial charge in [0.15, 0.2) is 0 Å². The molecule has 0 saturated carbocycles. The Labute approximate surface area is 119 Å². The fourth-order valence-electron chi connectivity index (χ4n) is 1.73. The Morgan fingerprint density at radius 1 is 1.24 bits per heavy atom. The van der Waals surface area contributed by atoms with Crippen molar-refractivity contribution in [1.82, 2.24) is 14.8 Å². The minimum atomic E-state index is -1.12. The lowest BCUT2D eigenvalue weighted by atomic mass is 10.3. The minimum absolute atomic E-state index is 0.0616. The molecule has 0 spiro atoms. The fraction of sp³-hybridized carbons (Fsp3) is 0.0714. The number of hydrogen-bond donors (Lipinski definition) is 1. The van der Waals surface area contributed by atoms with E-state index in [1.807, 2.05) is 30.3 Å². The summed E-state index contributed by atoms with van der Waals surface area (Å²) in [5.41, 5.74) is 0.867. The van der Waals surface area contributed by atoms with Crippen LogP contribution in [0, 0.1) is 0 Å². The van der Waals surface area contributed by atoms with Crippen LogP contribution in [-0.4, -0.2) is 25.8 Å². The van der Waals surface area contributed by atoms with E-state index in [1.165, 1.54) is 18.5 Å². The molecule has 0 saturated heterocycles. The molecule has 3 rings (SSSR count). The summed E-state index contributed by atoms with van der Waals surface area (Å²) in [6.07, 6.45) is 1.54. The highest BCUT2D eigenvalue weighted by atomic mass is 16.5. The summed E-state index contributed by atoms with van der Waals surface area (Å²) >= 11 is 0. The summed E-state index contributed by atoms with van der Waals surface area (Å²) in [5, 5.41) is 12.9. The first-order chi connectivity index (χ1) is 10.2. The van der Waals surface area contributed by atoms with Gasteiger partial charge in [0.2, 0.25) is 5.76 Å². The van der Waals surface area contributed by atoms with Gasteiger partial charge in [0.05, 0.1) is 5.69 Å². The van der Waals surface area contributed by atoms with E-state index in [0.717, 1.165) is 5.69 Å². The molecule has 0 aliphatic rings. The molecule has 0 radical (unpaired) electrons. The number of rotatable bonds is 5. The van der Waals surface area contributed by atoms with E-state index in [2.05, 4.69) is 10.1 Å². The van der Waals surface area contributed by atoms with Crippen molar-refractivity contribution < 1.29 is 19.1 Å². The maximum Gasteiger partial charge on any atom is 0.371 e. The molecule has 106 valence electrons. The number of para-hydroxylation sites is 1. The first-order valence-corrected chi connectivity index (χ1v) is 6.14. The molecule has 7 heteroatoms. The second kappa shape index (κ2) is 5.49. The lowest BCUT2D eigenvalue weighted by molar-refractivity contribution is 0.0658. The lowest BCUT2D eigenvalue weighted by Gasteiger charge is -1.99. The molecular weight excluding hydrogens is 274 g/mol. The zero-order chi connectivity index (χ0) is 14.7. The van der Waals surface area contributed by atoms with Crippen LogP contribution in [0.15, 0.2) is 53.2 Å². The molecule has 1 N–H and O–H groups in total. The third-order valence-electron chi connectivity index (χ3n) is 2.71. The van der Waals surface area contributed by atoms with Gasteiger partial charge in [0, 0.05) is 0 Å². The smallest absolute Gasteiger partial charge is 0.371 e. The first-order valence-electron chi connectivity index (χ1n) is 6.14. The molecule has 1 aromatic carbocycles. The van der Waals surface area contributed by atoms with Gasteiger partial charge in [-0.25, -0.2) is 9.48 Å². The third-order valence-corrected chi connectivity index (χ3v) is 2.71. The number of hydrogen-bond acceptors (Lipinski definition) is 5. The predicted octanol–water partition coefficient (Wildman–Crippen LogP) is 2.14. The van der Waals surface area contributed by atoms with Crippen molar-refractivity contribution in [2.24, 2.45) is 0 Å². The van der Waals surface area contributed by atoms with Crippen LogP contribution in [0.3, 0.4) is 0 Å². The molecule has 0 amide bonds. The van der Waals surface area contributed by atoms with Crippen LogP contribution in [0.2, 0.25) is 0 Å². The largest absolute Gasteiger partial charge is 0.475 e. The average molecular weight is 285 g/mol. The second-order valence-electron chi connectivity index (χ2n) is 4.17. The molecule has 21 heavy (non-hydrogen) atoms. The molecule has 0 aliphatic heterocycles. The van der Waals surface area contributed by atoms with Crippen LogP contribution < -0.4 is 4.74 Å². The highest BCUT2D eigenvalue weighted by Gasteiger charge is 2.10. The van der Waals surface area contributed by atoms with Gasteiger partial charge < -0.3 is 14.3 Å². The minimum Gasteiger partial charge on any atom is -0.475 e. The Balaban J connectivity index is 1.66. The van der Waals surface area contributed by atoms with Crippen molar-refractivity contribution in [2.45, 2.75) is 6.61 Å². The van der Waals surface area contributed by atoms with E-state index in [4.69, 9.17) is 14.3 Å². The second-order valence-corrected chi connectivity index (χ2v) is 4.17. The van der Waals surface area contributed by atoms with Crippen LogP contribution in [0.25, 0.3) is 5.69 Å². The molecular formula is C14H11N3O4. The van der Waals surface area contributed by atoms with Gasteiger partial charge in [-0.2, -0.15) is 4.98 Å². The fourth-order valence-corrected chi connectivity index (χ4v) is 1.73. The number of carboxylic acid groups (broad SMARTS) is 1. The summed E-state index contributed by atoms with van der Waals surface area (Å²) < 4.78 is 12.0.